The molecule has 0 aliphatic rings. The minimum absolute atomic E-state index is 0.220. The second-order valence-electron chi connectivity index (χ2n) is 5.57. The number of nitrogens with one attached hydrogen (secondary N) is 1. The average molecular weight is 348 g/mol. The molecule has 0 fully saturated rings. The first-order valence-electron chi connectivity index (χ1n) is 7.29. The van der Waals surface area contributed by atoms with E-state index in [9.17, 15) is 14.7 Å². The first kappa shape index (κ1) is 17.8. The molecule has 0 saturated heterocycles. The molecule has 0 radical (unpaired) electrons. The number of carboxylic acid groups (broad SMARTS) is 1. The van der Waals surface area contributed by atoms with Crippen molar-refractivity contribution >= 4 is 29.2 Å². The molecule has 126 valence electrons. The predicted molar refractivity (Wildman–Crippen MR) is 92.7 cm³/mol. The average Bonchev–Trinajstić information content (AvgIpc) is 2.55. The van der Waals surface area contributed by atoms with Gasteiger partial charge in [0.25, 0.3) is 0 Å². The Hall–Kier alpha value is -2.53. The normalized spacial score (nSPS) is 13.0. The summed E-state index contributed by atoms with van der Waals surface area (Å²) in [7, 11) is 1.48. The quantitative estimate of drug-likeness (QED) is 0.835. The number of hydrogen-bond acceptors (Lipinski definition) is 3. The molecule has 2 N–H and O–H groups in total. The lowest BCUT2D eigenvalue weighted by molar-refractivity contribution is -0.145. The summed E-state index contributed by atoms with van der Waals surface area (Å²) in [5, 5.41) is 12.7. The Morgan fingerprint density at radius 3 is 2.46 bits per heavy atom. The summed E-state index contributed by atoms with van der Waals surface area (Å²) in [6.07, 6.45) is -0.220. The van der Waals surface area contributed by atoms with E-state index in [1.807, 2.05) is 0 Å². The third-order valence-corrected chi connectivity index (χ3v) is 4.07. The number of carboxylic acids is 1. The second kappa shape index (κ2) is 7.36. The summed E-state index contributed by atoms with van der Waals surface area (Å²) in [4.78, 5) is 24.2. The Bertz CT molecular complexity index is 748. The maximum Gasteiger partial charge on any atom is 0.314 e. The largest absolute Gasteiger partial charge is 0.495 e. The number of halogens is 1. The van der Waals surface area contributed by atoms with E-state index in [1.165, 1.54) is 14.0 Å². The van der Waals surface area contributed by atoms with Gasteiger partial charge in [-0.05, 0) is 30.7 Å². The highest BCUT2D eigenvalue weighted by Crippen LogP contribution is 2.31. The van der Waals surface area contributed by atoms with Gasteiger partial charge in [0.15, 0.2) is 0 Å². The number of carbonyl (C=O) groups excluding carboxylic acids is 1. The lowest BCUT2D eigenvalue weighted by Crippen LogP contribution is -2.36. The van der Waals surface area contributed by atoms with Crippen LogP contribution in [0.25, 0.3) is 0 Å². The van der Waals surface area contributed by atoms with Crippen molar-refractivity contribution < 1.29 is 19.4 Å². The molecule has 2 rings (SSSR count). The van der Waals surface area contributed by atoms with Crippen LogP contribution >= 0.6 is 11.6 Å². The molecule has 0 heterocycles. The smallest absolute Gasteiger partial charge is 0.314 e. The molecule has 0 saturated carbocycles. The Morgan fingerprint density at radius 1 is 1.21 bits per heavy atom. The van der Waals surface area contributed by atoms with E-state index < -0.39 is 17.3 Å². The fourth-order valence-corrected chi connectivity index (χ4v) is 2.57. The number of benzene rings is 2. The fraction of sp³-hybridized carbons (Fsp3) is 0.222. The van der Waals surface area contributed by atoms with Crippen LogP contribution in [0.5, 0.6) is 5.75 Å². The van der Waals surface area contributed by atoms with Crippen LogP contribution in [0.15, 0.2) is 48.5 Å². The van der Waals surface area contributed by atoms with E-state index in [2.05, 4.69) is 5.32 Å². The molecule has 1 atom stereocenters. The van der Waals surface area contributed by atoms with Crippen LogP contribution in [0.4, 0.5) is 5.69 Å². The van der Waals surface area contributed by atoms with Gasteiger partial charge in [-0.15, -0.1) is 0 Å². The SMILES string of the molecule is COc1ccc(Cl)cc1NC(=O)CC(C)(C(=O)O)c1ccccc1. The van der Waals surface area contributed by atoms with Gasteiger partial charge in [-0.25, -0.2) is 0 Å². The Balaban J connectivity index is 2.24. The van der Waals surface area contributed by atoms with Crippen molar-refractivity contribution in [3.8, 4) is 5.75 Å². The molecule has 1 amide bonds. The molecule has 0 bridgehead atoms. The summed E-state index contributed by atoms with van der Waals surface area (Å²) < 4.78 is 5.17. The van der Waals surface area contributed by atoms with E-state index in [-0.39, 0.29) is 6.42 Å². The van der Waals surface area contributed by atoms with E-state index in [0.29, 0.717) is 22.0 Å². The van der Waals surface area contributed by atoms with Crippen molar-refractivity contribution in [2.45, 2.75) is 18.8 Å². The van der Waals surface area contributed by atoms with Crippen molar-refractivity contribution in [1.82, 2.24) is 0 Å². The van der Waals surface area contributed by atoms with Gasteiger partial charge in [0.05, 0.1) is 18.2 Å². The van der Waals surface area contributed by atoms with Crippen molar-refractivity contribution in [1.29, 1.82) is 0 Å². The molecule has 5 nitrogen and oxygen atoms in total. The Morgan fingerprint density at radius 2 is 1.88 bits per heavy atom. The van der Waals surface area contributed by atoms with Gasteiger partial charge < -0.3 is 15.2 Å². The van der Waals surface area contributed by atoms with E-state index >= 15 is 0 Å². The number of anilines is 1. The molecule has 6 heteroatoms. The zero-order chi connectivity index (χ0) is 17.7. The number of amides is 1. The number of rotatable bonds is 6. The molecule has 0 spiro atoms. The van der Waals surface area contributed by atoms with E-state index in [1.54, 1.807) is 48.5 Å². The third kappa shape index (κ3) is 3.86. The van der Waals surface area contributed by atoms with Gasteiger partial charge in [-0.2, -0.15) is 0 Å². The zero-order valence-electron chi connectivity index (χ0n) is 13.4. The van der Waals surface area contributed by atoms with Crippen LogP contribution in [0.2, 0.25) is 5.02 Å². The summed E-state index contributed by atoms with van der Waals surface area (Å²) in [6.45, 7) is 1.53. The van der Waals surface area contributed by atoms with Gasteiger partial charge in [-0.3, -0.25) is 9.59 Å². The van der Waals surface area contributed by atoms with Crippen LogP contribution in [0, 0.1) is 0 Å². The van der Waals surface area contributed by atoms with Crippen molar-refractivity contribution in [3.05, 3.63) is 59.1 Å². The van der Waals surface area contributed by atoms with Crippen LogP contribution < -0.4 is 10.1 Å². The maximum absolute atomic E-state index is 12.4. The zero-order valence-corrected chi connectivity index (χ0v) is 14.1. The lowest BCUT2D eigenvalue weighted by Gasteiger charge is -2.25. The molecule has 1 unspecified atom stereocenters. The first-order valence-corrected chi connectivity index (χ1v) is 7.67. The van der Waals surface area contributed by atoms with Crippen molar-refractivity contribution in [2.75, 3.05) is 12.4 Å². The lowest BCUT2D eigenvalue weighted by atomic mass is 9.79. The molecule has 24 heavy (non-hydrogen) atoms. The molecule has 2 aromatic carbocycles. The Kier molecular flexibility index (Phi) is 5.46. The van der Waals surface area contributed by atoms with Crippen molar-refractivity contribution in [3.63, 3.8) is 0 Å². The minimum atomic E-state index is -1.34. The maximum atomic E-state index is 12.4. The highest BCUT2D eigenvalue weighted by Gasteiger charge is 2.37. The summed E-state index contributed by atoms with van der Waals surface area (Å²) >= 11 is 5.94. The summed E-state index contributed by atoms with van der Waals surface area (Å²) in [5.41, 5.74) is -0.376. The van der Waals surface area contributed by atoms with Crippen molar-refractivity contribution in [2.24, 2.45) is 0 Å². The molecule has 0 aromatic heterocycles. The van der Waals surface area contributed by atoms with Crippen LogP contribution in [0.3, 0.4) is 0 Å². The van der Waals surface area contributed by atoms with Gasteiger partial charge in [0, 0.05) is 11.4 Å². The monoisotopic (exact) mass is 347 g/mol. The number of ether oxygens (including phenoxy) is 1. The van der Waals surface area contributed by atoms with Gasteiger partial charge in [0.1, 0.15) is 5.75 Å². The van der Waals surface area contributed by atoms with Gasteiger partial charge in [0.2, 0.25) is 5.91 Å². The van der Waals surface area contributed by atoms with Crippen LogP contribution in [-0.4, -0.2) is 24.1 Å². The molecular weight excluding hydrogens is 330 g/mol. The molecular formula is C18H18ClNO4. The summed E-state index contributed by atoms with van der Waals surface area (Å²) in [6, 6.07) is 13.5. The number of hydrogen-bond donors (Lipinski definition) is 2. The number of aliphatic carboxylic acids is 1. The molecule has 0 aliphatic heterocycles. The summed E-state index contributed by atoms with van der Waals surface area (Å²) in [5.74, 6) is -1.06. The van der Waals surface area contributed by atoms with Crippen LogP contribution in [-0.2, 0) is 15.0 Å². The van der Waals surface area contributed by atoms with Crippen LogP contribution in [0.1, 0.15) is 18.9 Å². The van der Waals surface area contributed by atoms with Gasteiger partial charge in [-0.1, -0.05) is 41.9 Å². The topological polar surface area (TPSA) is 75.6 Å². The Labute approximate surface area is 145 Å². The fourth-order valence-electron chi connectivity index (χ4n) is 2.40. The minimum Gasteiger partial charge on any atom is -0.495 e. The molecule has 0 aliphatic carbocycles. The standard InChI is InChI=1S/C18H18ClNO4/c1-18(17(22)23,12-6-4-3-5-7-12)11-16(21)20-14-10-13(19)8-9-15(14)24-2/h3-10H,11H2,1-2H3,(H,20,21)(H,22,23). The first-order chi connectivity index (χ1) is 11.4. The second-order valence-corrected chi connectivity index (χ2v) is 6.01. The van der Waals surface area contributed by atoms with E-state index in [4.69, 9.17) is 16.3 Å². The predicted octanol–water partition coefficient (Wildman–Crippen LogP) is 3.72. The highest BCUT2D eigenvalue weighted by atomic mass is 35.5. The van der Waals surface area contributed by atoms with Gasteiger partial charge >= 0.3 is 5.97 Å². The molecule has 2 aromatic rings. The van der Waals surface area contributed by atoms with E-state index in [0.717, 1.165) is 0 Å². The number of methoxy groups -OCH3 is 1. The number of carbonyl (C=O) groups is 2. The third-order valence-electron chi connectivity index (χ3n) is 3.83. The highest BCUT2D eigenvalue weighted by molar-refractivity contribution is 6.31.